The van der Waals surface area contributed by atoms with Gasteiger partial charge in [-0.1, -0.05) is 23.2 Å². The average Bonchev–Trinajstić information content (AvgIpc) is 2.82. The van der Waals surface area contributed by atoms with E-state index in [1.54, 1.807) is 42.5 Å². The third kappa shape index (κ3) is 6.97. The summed E-state index contributed by atoms with van der Waals surface area (Å²) in [5, 5.41) is 9.94. The minimum Gasteiger partial charge on any atom is -0.465 e. The molecule has 3 heterocycles. The molecule has 0 saturated carbocycles. The fourth-order valence-corrected chi connectivity index (χ4v) is 4.46. The lowest BCUT2D eigenvalue weighted by atomic mass is 10.1. The van der Waals surface area contributed by atoms with Crippen molar-refractivity contribution in [2.24, 2.45) is 0 Å². The number of ether oxygens (including phenoxy) is 1. The molecule has 1 aliphatic heterocycles. The molecule has 0 unspecified atom stereocenters. The van der Waals surface area contributed by atoms with Crippen LogP contribution in [0, 0.1) is 0 Å². The Balaban J connectivity index is 1.55. The second kappa shape index (κ2) is 10.9. The number of pyridine rings is 2. The van der Waals surface area contributed by atoms with Crippen LogP contribution in [0.5, 0.6) is 11.6 Å². The van der Waals surface area contributed by atoms with Crippen LogP contribution in [-0.4, -0.2) is 66.9 Å². The Bertz CT molecular complexity index is 1340. The standard InChI is InChI=1S/C23H22Cl2N4O6S/c1-36(32,33)34-14-15-8-20(16-10-17(24)12-18(25)11-16)27-22(9-15)35-19-2-3-21(26-13-19)28-4-6-29(7-5-28)23(30)31/h2-3,8-13H,4-7,14H2,1H3,(H,30,31). The smallest absolute Gasteiger partial charge is 0.407 e. The van der Waals surface area contributed by atoms with Gasteiger partial charge in [0.25, 0.3) is 10.1 Å². The summed E-state index contributed by atoms with van der Waals surface area (Å²) in [6, 6.07) is 11.7. The number of piperazine rings is 1. The quantitative estimate of drug-likeness (QED) is 0.421. The Morgan fingerprint density at radius 1 is 1.06 bits per heavy atom. The summed E-state index contributed by atoms with van der Waals surface area (Å²) in [5.41, 5.74) is 1.59. The first-order valence-electron chi connectivity index (χ1n) is 10.7. The number of benzene rings is 1. The molecule has 0 atom stereocenters. The predicted octanol–water partition coefficient (Wildman–Crippen LogP) is 4.52. The van der Waals surface area contributed by atoms with Gasteiger partial charge in [0.05, 0.1) is 24.8 Å². The molecular weight excluding hydrogens is 531 g/mol. The van der Waals surface area contributed by atoms with E-state index in [4.69, 9.17) is 37.2 Å². The van der Waals surface area contributed by atoms with Crippen LogP contribution in [0.3, 0.4) is 0 Å². The molecule has 190 valence electrons. The highest BCUT2D eigenvalue weighted by Crippen LogP contribution is 2.30. The molecule has 1 fully saturated rings. The summed E-state index contributed by atoms with van der Waals surface area (Å²) in [5.74, 6) is 1.30. The topological polar surface area (TPSA) is 122 Å². The lowest BCUT2D eigenvalue weighted by Gasteiger charge is -2.33. The van der Waals surface area contributed by atoms with E-state index in [2.05, 4.69) is 9.97 Å². The SMILES string of the molecule is CS(=O)(=O)OCc1cc(Oc2ccc(N3CCN(C(=O)O)CC3)nc2)nc(-c2cc(Cl)cc(Cl)c2)c1. The first-order valence-corrected chi connectivity index (χ1v) is 13.3. The van der Waals surface area contributed by atoms with Crippen molar-refractivity contribution in [1.29, 1.82) is 0 Å². The first-order chi connectivity index (χ1) is 17.1. The van der Waals surface area contributed by atoms with Crippen LogP contribution in [0.25, 0.3) is 11.3 Å². The van der Waals surface area contributed by atoms with Crippen molar-refractivity contribution in [2.45, 2.75) is 6.61 Å². The van der Waals surface area contributed by atoms with E-state index in [1.165, 1.54) is 11.1 Å². The van der Waals surface area contributed by atoms with Crippen LogP contribution in [0.15, 0.2) is 48.7 Å². The van der Waals surface area contributed by atoms with Crippen molar-refractivity contribution >= 4 is 45.2 Å². The average molecular weight is 553 g/mol. The van der Waals surface area contributed by atoms with E-state index in [0.29, 0.717) is 64.6 Å². The molecule has 1 N–H and O–H groups in total. The van der Waals surface area contributed by atoms with Gasteiger partial charge in [-0.2, -0.15) is 8.42 Å². The number of halogens is 2. The third-order valence-corrected chi connectivity index (χ3v) is 6.26. The van der Waals surface area contributed by atoms with E-state index >= 15 is 0 Å². The van der Waals surface area contributed by atoms with Crippen molar-refractivity contribution in [1.82, 2.24) is 14.9 Å². The van der Waals surface area contributed by atoms with Crippen LogP contribution < -0.4 is 9.64 Å². The van der Waals surface area contributed by atoms with E-state index in [-0.39, 0.29) is 12.5 Å². The number of hydrogen-bond donors (Lipinski definition) is 1. The van der Waals surface area contributed by atoms with Gasteiger partial charge in [-0.25, -0.2) is 14.8 Å². The molecule has 13 heteroatoms. The molecule has 0 spiro atoms. The number of carboxylic acid groups (broad SMARTS) is 1. The molecule has 3 aromatic rings. The largest absolute Gasteiger partial charge is 0.465 e. The molecule has 0 radical (unpaired) electrons. The van der Waals surface area contributed by atoms with Gasteiger partial charge in [0.2, 0.25) is 5.88 Å². The van der Waals surface area contributed by atoms with Gasteiger partial charge in [-0.15, -0.1) is 0 Å². The Morgan fingerprint density at radius 2 is 1.75 bits per heavy atom. The number of nitrogens with zero attached hydrogens (tertiary/aromatic N) is 4. The summed E-state index contributed by atoms with van der Waals surface area (Å²) >= 11 is 12.3. The fourth-order valence-electron chi connectivity index (χ4n) is 3.59. The van der Waals surface area contributed by atoms with Gasteiger partial charge in [0, 0.05) is 47.9 Å². The first kappa shape index (κ1) is 26.0. The van der Waals surface area contributed by atoms with Gasteiger partial charge in [-0.05, 0) is 42.0 Å². The monoisotopic (exact) mass is 552 g/mol. The van der Waals surface area contributed by atoms with Crippen LogP contribution in [0.4, 0.5) is 10.6 Å². The molecule has 36 heavy (non-hydrogen) atoms. The Labute approximate surface area is 218 Å². The fraction of sp³-hybridized carbons (Fsp3) is 0.261. The maximum absolute atomic E-state index is 11.5. The Hall–Kier alpha value is -3.12. The van der Waals surface area contributed by atoms with Crippen molar-refractivity contribution in [3.05, 3.63) is 64.3 Å². The summed E-state index contributed by atoms with van der Waals surface area (Å²) in [6.07, 6.45) is 1.58. The van der Waals surface area contributed by atoms with E-state index in [0.717, 1.165) is 6.26 Å². The molecule has 0 aliphatic carbocycles. The number of hydrogen-bond acceptors (Lipinski definition) is 8. The van der Waals surface area contributed by atoms with Gasteiger partial charge >= 0.3 is 6.09 Å². The van der Waals surface area contributed by atoms with Crippen molar-refractivity contribution in [3.63, 3.8) is 0 Å². The predicted molar refractivity (Wildman–Crippen MR) is 135 cm³/mol. The van der Waals surface area contributed by atoms with Gasteiger partial charge in [-0.3, -0.25) is 4.18 Å². The molecule has 1 amide bonds. The van der Waals surface area contributed by atoms with Crippen LogP contribution >= 0.6 is 23.2 Å². The van der Waals surface area contributed by atoms with Crippen LogP contribution in [0.1, 0.15) is 5.56 Å². The zero-order valence-electron chi connectivity index (χ0n) is 19.1. The number of amides is 1. The van der Waals surface area contributed by atoms with Crippen molar-refractivity contribution in [2.75, 3.05) is 37.3 Å². The Kier molecular flexibility index (Phi) is 7.84. The van der Waals surface area contributed by atoms with Gasteiger partial charge < -0.3 is 19.6 Å². The summed E-state index contributed by atoms with van der Waals surface area (Å²) in [7, 11) is -3.66. The number of rotatable bonds is 7. The summed E-state index contributed by atoms with van der Waals surface area (Å²) in [6.45, 7) is 1.66. The van der Waals surface area contributed by atoms with Crippen LogP contribution in [-0.2, 0) is 20.9 Å². The zero-order chi connectivity index (χ0) is 25.9. The third-order valence-electron chi connectivity index (χ3n) is 5.28. The van der Waals surface area contributed by atoms with Crippen molar-refractivity contribution in [3.8, 4) is 22.9 Å². The molecule has 4 rings (SSSR count). The van der Waals surface area contributed by atoms with E-state index in [9.17, 15) is 13.2 Å². The minimum atomic E-state index is -3.66. The van der Waals surface area contributed by atoms with Crippen molar-refractivity contribution < 1.29 is 27.2 Å². The molecular formula is C23H22Cl2N4O6S. The van der Waals surface area contributed by atoms with E-state index in [1.807, 2.05) is 4.90 Å². The molecule has 2 aromatic heterocycles. The van der Waals surface area contributed by atoms with Gasteiger partial charge in [0.1, 0.15) is 11.6 Å². The maximum atomic E-state index is 11.5. The highest BCUT2D eigenvalue weighted by atomic mass is 35.5. The lowest BCUT2D eigenvalue weighted by molar-refractivity contribution is 0.142. The second-order valence-electron chi connectivity index (χ2n) is 8.03. The molecule has 1 aliphatic rings. The zero-order valence-corrected chi connectivity index (χ0v) is 21.4. The molecule has 1 saturated heterocycles. The highest BCUT2D eigenvalue weighted by Gasteiger charge is 2.21. The molecule has 0 bridgehead atoms. The number of carbonyl (C=O) groups is 1. The van der Waals surface area contributed by atoms with E-state index < -0.39 is 16.2 Å². The molecule has 10 nitrogen and oxygen atoms in total. The minimum absolute atomic E-state index is 0.195. The normalized spacial score (nSPS) is 14.1. The summed E-state index contributed by atoms with van der Waals surface area (Å²) < 4.78 is 33.8. The number of aromatic nitrogens is 2. The Morgan fingerprint density at radius 3 is 2.33 bits per heavy atom. The highest BCUT2D eigenvalue weighted by molar-refractivity contribution is 7.85. The number of anilines is 1. The second-order valence-corrected chi connectivity index (χ2v) is 10.6. The lowest BCUT2D eigenvalue weighted by Crippen LogP contribution is -2.48. The van der Waals surface area contributed by atoms with Crippen LogP contribution in [0.2, 0.25) is 10.0 Å². The summed E-state index contributed by atoms with van der Waals surface area (Å²) in [4.78, 5) is 23.4. The van der Waals surface area contributed by atoms with Gasteiger partial charge in [0.15, 0.2) is 0 Å². The maximum Gasteiger partial charge on any atom is 0.407 e. The molecule has 1 aromatic carbocycles.